The lowest BCUT2D eigenvalue weighted by Crippen LogP contribution is -2.33. The van der Waals surface area contributed by atoms with E-state index in [0.717, 1.165) is 5.75 Å². The van der Waals surface area contributed by atoms with E-state index < -0.39 is 0 Å². The summed E-state index contributed by atoms with van der Waals surface area (Å²) < 4.78 is 28.7. The van der Waals surface area contributed by atoms with Crippen LogP contribution in [0.4, 0.5) is 4.39 Å². The number of hydrogen-bond acceptors (Lipinski definition) is 6. The van der Waals surface area contributed by atoms with Crippen LogP contribution in [0.25, 0.3) is 11.5 Å². The third kappa shape index (κ3) is 5.06. The molecule has 8 heteroatoms. The van der Waals surface area contributed by atoms with Crippen LogP contribution in [0, 0.1) is 5.82 Å². The molecule has 0 atom stereocenters. The Morgan fingerprint density at radius 2 is 1.79 bits per heavy atom. The summed E-state index contributed by atoms with van der Waals surface area (Å²) in [6.45, 7) is 0.336. The molecule has 1 amide bonds. The monoisotopic (exact) mass is 385 g/mol. The van der Waals surface area contributed by atoms with Gasteiger partial charge in [0.25, 0.3) is 11.8 Å². The van der Waals surface area contributed by atoms with Crippen molar-refractivity contribution in [3.63, 3.8) is 0 Å². The second kappa shape index (κ2) is 8.98. The third-order valence-corrected chi connectivity index (χ3v) is 4.08. The topological polar surface area (TPSA) is 77.7 Å². The molecule has 0 saturated heterocycles. The number of halogens is 1. The molecular weight excluding hydrogens is 365 g/mol. The molecule has 0 bridgehead atoms. The molecular formula is C20H20FN3O4. The van der Waals surface area contributed by atoms with Crippen LogP contribution in [0.15, 0.2) is 53.1 Å². The molecule has 146 valence electrons. The Balaban J connectivity index is 1.47. The van der Waals surface area contributed by atoms with E-state index in [9.17, 15) is 9.18 Å². The fourth-order valence-corrected chi connectivity index (χ4v) is 2.38. The normalized spacial score (nSPS) is 10.5. The number of hydrogen-bond donors (Lipinski definition) is 0. The van der Waals surface area contributed by atoms with E-state index in [0.29, 0.717) is 36.0 Å². The maximum absolute atomic E-state index is 13.0. The first-order valence-corrected chi connectivity index (χ1v) is 8.64. The van der Waals surface area contributed by atoms with Gasteiger partial charge in [0.05, 0.1) is 7.11 Å². The molecule has 0 aliphatic rings. The lowest BCUT2D eigenvalue weighted by atomic mass is 10.2. The molecule has 0 saturated carbocycles. The van der Waals surface area contributed by atoms with Gasteiger partial charge in [0.2, 0.25) is 0 Å². The fraction of sp³-hybridized carbons (Fsp3) is 0.250. The average Bonchev–Trinajstić information content (AvgIpc) is 3.20. The summed E-state index contributed by atoms with van der Waals surface area (Å²) in [5.41, 5.74) is 0.637. The Morgan fingerprint density at radius 1 is 1.11 bits per heavy atom. The van der Waals surface area contributed by atoms with E-state index in [-0.39, 0.29) is 18.3 Å². The van der Waals surface area contributed by atoms with Crippen LogP contribution in [0.2, 0.25) is 0 Å². The Morgan fingerprint density at radius 3 is 2.46 bits per heavy atom. The van der Waals surface area contributed by atoms with Gasteiger partial charge in [-0.2, -0.15) is 4.98 Å². The van der Waals surface area contributed by atoms with Gasteiger partial charge in [0.15, 0.2) is 12.4 Å². The minimum Gasteiger partial charge on any atom is -0.497 e. The summed E-state index contributed by atoms with van der Waals surface area (Å²) in [6.07, 6.45) is 0.426. The van der Waals surface area contributed by atoms with E-state index >= 15 is 0 Å². The summed E-state index contributed by atoms with van der Waals surface area (Å²) in [5, 5.41) is 3.90. The summed E-state index contributed by atoms with van der Waals surface area (Å²) >= 11 is 0. The van der Waals surface area contributed by atoms with Crippen molar-refractivity contribution in [3.8, 4) is 23.0 Å². The maximum atomic E-state index is 13.0. The highest BCUT2D eigenvalue weighted by atomic mass is 19.1. The van der Waals surface area contributed by atoms with Gasteiger partial charge in [-0.05, 0) is 48.5 Å². The Hall–Kier alpha value is -3.42. The highest BCUT2D eigenvalue weighted by Gasteiger charge is 2.13. The van der Waals surface area contributed by atoms with Gasteiger partial charge in [-0.15, -0.1) is 0 Å². The second-order valence-electron chi connectivity index (χ2n) is 6.05. The first kappa shape index (κ1) is 19.3. The lowest BCUT2D eigenvalue weighted by Gasteiger charge is -2.16. The van der Waals surface area contributed by atoms with E-state index in [1.165, 1.54) is 17.0 Å². The molecule has 2 aromatic carbocycles. The first-order chi connectivity index (χ1) is 13.5. The first-order valence-electron chi connectivity index (χ1n) is 8.64. The molecule has 0 radical (unpaired) electrons. The van der Waals surface area contributed by atoms with E-state index in [2.05, 4.69) is 10.1 Å². The quantitative estimate of drug-likeness (QED) is 0.593. The lowest BCUT2D eigenvalue weighted by molar-refractivity contribution is -0.132. The van der Waals surface area contributed by atoms with E-state index in [1.807, 2.05) is 0 Å². The number of nitrogens with zero attached hydrogens (tertiary/aromatic N) is 3. The molecule has 1 aromatic heterocycles. The van der Waals surface area contributed by atoms with Gasteiger partial charge >= 0.3 is 0 Å². The number of likely N-dealkylation sites (N-methyl/N-ethyl adjacent to an activating group) is 1. The average molecular weight is 385 g/mol. The van der Waals surface area contributed by atoms with Crippen LogP contribution in [-0.4, -0.2) is 48.3 Å². The molecule has 0 unspecified atom stereocenters. The van der Waals surface area contributed by atoms with Crippen LogP contribution >= 0.6 is 0 Å². The molecule has 0 aliphatic heterocycles. The van der Waals surface area contributed by atoms with Crippen LogP contribution < -0.4 is 9.47 Å². The van der Waals surface area contributed by atoms with Crippen LogP contribution in [0.3, 0.4) is 0 Å². The number of amides is 1. The van der Waals surface area contributed by atoms with Crippen LogP contribution in [0.1, 0.15) is 5.82 Å². The molecule has 28 heavy (non-hydrogen) atoms. The molecule has 3 rings (SSSR count). The summed E-state index contributed by atoms with van der Waals surface area (Å²) in [6, 6.07) is 12.8. The number of aromatic nitrogens is 2. The maximum Gasteiger partial charge on any atom is 0.260 e. The number of methoxy groups -OCH3 is 1. The summed E-state index contributed by atoms with van der Waals surface area (Å²) in [4.78, 5) is 18.0. The van der Waals surface area contributed by atoms with Crippen molar-refractivity contribution < 1.29 is 23.2 Å². The van der Waals surface area contributed by atoms with Crippen LogP contribution in [0.5, 0.6) is 11.5 Å². The summed E-state index contributed by atoms with van der Waals surface area (Å²) in [5.74, 6) is 1.58. The molecule has 0 aliphatic carbocycles. The largest absolute Gasteiger partial charge is 0.497 e. The number of rotatable bonds is 8. The molecule has 0 fully saturated rings. The minimum absolute atomic E-state index is 0.0735. The third-order valence-electron chi connectivity index (χ3n) is 4.08. The molecule has 1 heterocycles. The Labute approximate surface area is 161 Å². The Bertz CT molecular complexity index is 910. The number of benzene rings is 2. The van der Waals surface area contributed by atoms with Crippen molar-refractivity contribution in [2.75, 3.05) is 27.3 Å². The van der Waals surface area contributed by atoms with Crippen molar-refractivity contribution in [2.45, 2.75) is 6.42 Å². The zero-order chi connectivity index (χ0) is 19.9. The summed E-state index contributed by atoms with van der Waals surface area (Å²) in [7, 11) is 3.27. The standard InChI is InChI=1S/C20H20FN3O4/c1-24(19(25)13-27-17-9-7-16(26-2)8-10-17)12-11-18-22-20(28-23-18)14-3-5-15(21)6-4-14/h3-10H,11-13H2,1-2H3. The van der Waals surface area contributed by atoms with Crippen molar-refractivity contribution in [1.29, 1.82) is 0 Å². The molecule has 3 aromatic rings. The van der Waals surface area contributed by atoms with Crippen molar-refractivity contribution in [1.82, 2.24) is 15.0 Å². The van der Waals surface area contributed by atoms with Crippen LogP contribution in [-0.2, 0) is 11.2 Å². The zero-order valence-electron chi connectivity index (χ0n) is 15.6. The molecule has 7 nitrogen and oxygen atoms in total. The Kier molecular flexibility index (Phi) is 6.21. The SMILES string of the molecule is COc1ccc(OCC(=O)N(C)CCc2noc(-c3ccc(F)cc3)n2)cc1. The highest BCUT2D eigenvalue weighted by Crippen LogP contribution is 2.18. The van der Waals surface area contributed by atoms with Gasteiger partial charge in [0.1, 0.15) is 17.3 Å². The molecule has 0 spiro atoms. The van der Waals surface area contributed by atoms with Gasteiger partial charge in [-0.1, -0.05) is 5.16 Å². The number of carbonyl (C=O) groups excluding carboxylic acids is 1. The van der Waals surface area contributed by atoms with Gasteiger partial charge in [0, 0.05) is 25.6 Å². The predicted molar refractivity (Wildman–Crippen MR) is 99.5 cm³/mol. The number of ether oxygens (including phenoxy) is 2. The van der Waals surface area contributed by atoms with E-state index in [1.54, 1.807) is 50.6 Å². The van der Waals surface area contributed by atoms with Gasteiger partial charge in [-0.3, -0.25) is 4.79 Å². The second-order valence-corrected chi connectivity index (χ2v) is 6.05. The molecule has 0 N–H and O–H groups in total. The number of carbonyl (C=O) groups is 1. The van der Waals surface area contributed by atoms with Crippen molar-refractivity contribution >= 4 is 5.91 Å². The van der Waals surface area contributed by atoms with Crippen molar-refractivity contribution in [2.24, 2.45) is 0 Å². The highest BCUT2D eigenvalue weighted by molar-refractivity contribution is 5.77. The van der Waals surface area contributed by atoms with E-state index in [4.69, 9.17) is 14.0 Å². The fourth-order valence-electron chi connectivity index (χ4n) is 2.38. The predicted octanol–water partition coefficient (Wildman–Crippen LogP) is 2.96. The van der Waals surface area contributed by atoms with Gasteiger partial charge in [-0.25, -0.2) is 4.39 Å². The zero-order valence-corrected chi connectivity index (χ0v) is 15.6. The van der Waals surface area contributed by atoms with Gasteiger partial charge < -0.3 is 18.9 Å². The van der Waals surface area contributed by atoms with Crippen molar-refractivity contribution in [3.05, 3.63) is 60.2 Å². The smallest absolute Gasteiger partial charge is 0.260 e. The minimum atomic E-state index is -0.333.